The van der Waals surface area contributed by atoms with E-state index < -0.39 is 0 Å². The first-order chi connectivity index (χ1) is 16.0. The summed E-state index contributed by atoms with van der Waals surface area (Å²) >= 11 is 6.45. The molecule has 4 aromatic rings. The van der Waals surface area contributed by atoms with Crippen LogP contribution >= 0.6 is 11.6 Å². The lowest BCUT2D eigenvalue weighted by atomic mass is 10.1. The number of fused-ring (bicyclic) bond motifs is 1. The molecule has 1 heterocycles. The molecule has 0 spiro atoms. The number of imidazole rings is 1. The average molecular weight is 462 g/mol. The van der Waals surface area contributed by atoms with Gasteiger partial charge in [0.25, 0.3) is 5.91 Å². The number of halogens is 1. The number of nitrogens with zero attached hydrogens (tertiary/aromatic N) is 2. The molecule has 170 valence electrons. The van der Waals surface area contributed by atoms with E-state index in [2.05, 4.69) is 35.9 Å². The highest BCUT2D eigenvalue weighted by Crippen LogP contribution is 2.25. The van der Waals surface area contributed by atoms with Crippen LogP contribution in [0.1, 0.15) is 38.4 Å². The van der Waals surface area contributed by atoms with Gasteiger partial charge >= 0.3 is 0 Å². The Morgan fingerprint density at radius 1 is 1.06 bits per heavy atom. The van der Waals surface area contributed by atoms with E-state index in [0.29, 0.717) is 31.7 Å². The molecule has 0 unspecified atom stereocenters. The summed E-state index contributed by atoms with van der Waals surface area (Å²) in [7, 11) is 1.61. The number of carbonyl (C=O) groups is 1. The van der Waals surface area contributed by atoms with Crippen molar-refractivity contribution in [1.82, 2.24) is 14.9 Å². The van der Waals surface area contributed by atoms with Crippen LogP contribution in [0, 0.1) is 13.8 Å². The van der Waals surface area contributed by atoms with Gasteiger partial charge in [0.1, 0.15) is 5.82 Å². The third-order valence-corrected chi connectivity index (χ3v) is 6.27. The van der Waals surface area contributed by atoms with Crippen LogP contribution in [0.4, 0.5) is 0 Å². The lowest BCUT2D eigenvalue weighted by Gasteiger charge is -2.12. The van der Waals surface area contributed by atoms with Gasteiger partial charge in [-0.15, -0.1) is 0 Å². The Kier molecular flexibility index (Phi) is 7.11. The molecule has 33 heavy (non-hydrogen) atoms. The van der Waals surface area contributed by atoms with Gasteiger partial charge in [0, 0.05) is 37.2 Å². The summed E-state index contributed by atoms with van der Waals surface area (Å²) in [5.41, 5.74) is 7.31. The van der Waals surface area contributed by atoms with Crippen molar-refractivity contribution in [2.75, 3.05) is 20.3 Å². The molecule has 0 aliphatic rings. The number of aromatic nitrogens is 2. The summed E-state index contributed by atoms with van der Waals surface area (Å²) in [5.74, 6) is 0.863. The van der Waals surface area contributed by atoms with E-state index in [4.69, 9.17) is 21.3 Å². The zero-order valence-electron chi connectivity index (χ0n) is 19.2. The number of amides is 1. The quantitative estimate of drug-likeness (QED) is 0.361. The van der Waals surface area contributed by atoms with Gasteiger partial charge < -0.3 is 14.6 Å². The maximum absolute atomic E-state index is 12.3. The molecule has 1 aromatic heterocycles. The molecule has 3 aromatic carbocycles. The van der Waals surface area contributed by atoms with E-state index in [1.165, 1.54) is 11.1 Å². The summed E-state index contributed by atoms with van der Waals surface area (Å²) in [6.07, 6.45) is 0.645. The third-order valence-electron chi connectivity index (χ3n) is 5.90. The van der Waals surface area contributed by atoms with E-state index in [0.717, 1.165) is 33.0 Å². The number of hydrogen-bond acceptors (Lipinski definition) is 3. The van der Waals surface area contributed by atoms with Gasteiger partial charge in [0.05, 0.1) is 17.6 Å². The van der Waals surface area contributed by atoms with Crippen LogP contribution in [0.3, 0.4) is 0 Å². The van der Waals surface area contributed by atoms with Gasteiger partial charge in [-0.2, -0.15) is 0 Å². The normalized spacial score (nSPS) is 11.2. The number of ether oxygens (including phenoxy) is 1. The highest BCUT2D eigenvalue weighted by atomic mass is 35.5. The number of hydrogen-bond donors (Lipinski definition) is 1. The second-order valence-electron chi connectivity index (χ2n) is 8.25. The van der Waals surface area contributed by atoms with E-state index in [1.807, 2.05) is 48.5 Å². The molecular formula is C27H28ClN3O2. The van der Waals surface area contributed by atoms with Crippen molar-refractivity contribution < 1.29 is 9.53 Å². The minimum absolute atomic E-state index is 0.0998. The van der Waals surface area contributed by atoms with Crippen LogP contribution in [0.5, 0.6) is 0 Å². The maximum atomic E-state index is 12.3. The standard InChI is InChI=1S/C27H28ClN3O2/c1-18-14-24-25(15-19(18)2)31(26(30-24)16-22-6-4-5-7-23(22)28)17-20-8-10-21(11-9-20)27(32)29-12-13-33-3/h4-11,14-15H,12-13,16-17H2,1-3H3,(H,29,32). The predicted molar refractivity (Wildman–Crippen MR) is 133 cm³/mol. The SMILES string of the molecule is COCCNC(=O)c1ccc(Cn2c(Cc3ccccc3Cl)nc3cc(C)c(C)cc32)cc1. The number of benzene rings is 3. The molecule has 1 amide bonds. The maximum Gasteiger partial charge on any atom is 0.251 e. The zero-order valence-corrected chi connectivity index (χ0v) is 19.9. The monoisotopic (exact) mass is 461 g/mol. The first kappa shape index (κ1) is 23.0. The van der Waals surface area contributed by atoms with Crippen molar-refractivity contribution in [1.29, 1.82) is 0 Å². The van der Waals surface area contributed by atoms with Crippen LogP contribution in [-0.2, 0) is 17.7 Å². The van der Waals surface area contributed by atoms with Crippen LogP contribution in [-0.4, -0.2) is 35.7 Å². The summed E-state index contributed by atoms with van der Waals surface area (Å²) in [6, 6.07) is 20.0. The van der Waals surface area contributed by atoms with Gasteiger partial charge in [-0.1, -0.05) is 41.9 Å². The smallest absolute Gasteiger partial charge is 0.251 e. The summed E-state index contributed by atoms with van der Waals surface area (Å²) < 4.78 is 7.24. The Labute approximate surface area is 199 Å². The number of rotatable bonds is 8. The molecule has 0 saturated heterocycles. The highest BCUT2D eigenvalue weighted by Gasteiger charge is 2.15. The van der Waals surface area contributed by atoms with Crippen LogP contribution in [0.2, 0.25) is 5.02 Å². The average Bonchev–Trinajstić information content (AvgIpc) is 3.12. The zero-order chi connectivity index (χ0) is 23.4. The fraction of sp³-hybridized carbons (Fsp3) is 0.259. The van der Waals surface area contributed by atoms with Crippen molar-refractivity contribution in [2.45, 2.75) is 26.8 Å². The second-order valence-corrected chi connectivity index (χ2v) is 8.66. The lowest BCUT2D eigenvalue weighted by molar-refractivity contribution is 0.0937. The molecule has 6 heteroatoms. The molecule has 0 radical (unpaired) electrons. The number of carbonyl (C=O) groups excluding carboxylic acids is 1. The number of nitrogens with one attached hydrogen (secondary N) is 1. The molecule has 1 N–H and O–H groups in total. The van der Waals surface area contributed by atoms with Gasteiger partial charge in [-0.25, -0.2) is 4.98 Å². The third kappa shape index (κ3) is 5.27. The van der Waals surface area contributed by atoms with Crippen LogP contribution in [0.25, 0.3) is 11.0 Å². The molecule has 0 aliphatic heterocycles. The number of methoxy groups -OCH3 is 1. The number of aryl methyl sites for hydroxylation is 2. The summed E-state index contributed by atoms with van der Waals surface area (Å²) in [6.45, 7) is 5.87. The fourth-order valence-corrected chi connectivity index (χ4v) is 4.07. The minimum atomic E-state index is -0.0998. The largest absolute Gasteiger partial charge is 0.383 e. The van der Waals surface area contributed by atoms with Crippen molar-refractivity contribution in [3.05, 3.63) is 99.3 Å². The fourth-order valence-electron chi connectivity index (χ4n) is 3.87. The molecule has 0 saturated carbocycles. The van der Waals surface area contributed by atoms with E-state index >= 15 is 0 Å². The van der Waals surface area contributed by atoms with Crippen molar-refractivity contribution >= 4 is 28.5 Å². The Morgan fingerprint density at radius 2 is 1.79 bits per heavy atom. The van der Waals surface area contributed by atoms with E-state index in [-0.39, 0.29) is 5.91 Å². The Bertz CT molecular complexity index is 1280. The summed E-state index contributed by atoms with van der Waals surface area (Å²) in [5, 5.41) is 3.59. The van der Waals surface area contributed by atoms with E-state index in [1.54, 1.807) is 7.11 Å². The molecule has 0 bridgehead atoms. The van der Waals surface area contributed by atoms with Crippen LogP contribution < -0.4 is 5.32 Å². The molecule has 0 aliphatic carbocycles. The van der Waals surface area contributed by atoms with Gasteiger partial charge in [-0.05, 0) is 66.4 Å². The highest BCUT2D eigenvalue weighted by molar-refractivity contribution is 6.31. The van der Waals surface area contributed by atoms with Gasteiger partial charge in [0.15, 0.2) is 0 Å². The molecule has 0 fully saturated rings. The first-order valence-electron chi connectivity index (χ1n) is 11.0. The second kappa shape index (κ2) is 10.2. The Morgan fingerprint density at radius 3 is 2.52 bits per heavy atom. The van der Waals surface area contributed by atoms with Crippen molar-refractivity contribution in [2.24, 2.45) is 0 Å². The molecule has 5 nitrogen and oxygen atoms in total. The minimum Gasteiger partial charge on any atom is -0.383 e. The molecule has 4 rings (SSSR count). The van der Waals surface area contributed by atoms with Crippen molar-refractivity contribution in [3.8, 4) is 0 Å². The van der Waals surface area contributed by atoms with E-state index in [9.17, 15) is 4.79 Å². The lowest BCUT2D eigenvalue weighted by Crippen LogP contribution is -2.26. The predicted octanol–water partition coefficient (Wildman–Crippen LogP) is 5.32. The Hall–Kier alpha value is -3.15. The first-order valence-corrected chi connectivity index (χ1v) is 11.4. The summed E-state index contributed by atoms with van der Waals surface area (Å²) in [4.78, 5) is 17.2. The van der Waals surface area contributed by atoms with Crippen LogP contribution in [0.15, 0.2) is 60.7 Å². The topological polar surface area (TPSA) is 56.1 Å². The van der Waals surface area contributed by atoms with Crippen molar-refractivity contribution in [3.63, 3.8) is 0 Å². The Balaban J connectivity index is 1.65. The molecule has 0 atom stereocenters. The van der Waals surface area contributed by atoms with Gasteiger partial charge in [0.2, 0.25) is 0 Å². The molecular weight excluding hydrogens is 434 g/mol. The van der Waals surface area contributed by atoms with Gasteiger partial charge in [-0.3, -0.25) is 4.79 Å².